The highest BCUT2D eigenvalue weighted by Gasteiger charge is 2.19. The summed E-state index contributed by atoms with van der Waals surface area (Å²) in [6.45, 7) is 2.77. The van der Waals surface area contributed by atoms with Crippen molar-refractivity contribution >= 4 is 29.1 Å². The lowest BCUT2D eigenvalue weighted by atomic mass is 10.1. The summed E-state index contributed by atoms with van der Waals surface area (Å²) >= 11 is 12.2. The van der Waals surface area contributed by atoms with Gasteiger partial charge < -0.3 is 10.1 Å². The van der Waals surface area contributed by atoms with Gasteiger partial charge in [-0.2, -0.15) is 0 Å². The zero-order valence-corrected chi connectivity index (χ0v) is 16.4. The van der Waals surface area contributed by atoms with Crippen molar-refractivity contribution in [1.29, 1.82) is 0 Å². The number of aryl methyl sites for hydroxylation is 1. The van der Waals surface area contributed by atoms with Crippen LogP contribution >= 0.6 is 23.2 Å². The summed E-state index contributed by atoms with van der Waals surface area (Å²) in [5, 5.41) is 7.95. The molecule has 0 atom stereocenters. The van der Waals surface area contributed by atoms with Gasteiger partial charge in [0.15, 0.2) is 5.82 Å². The minimum absolute atomic E-state index is 0.0636. The Hall–Kier alpha value is -2.41. The predicted octanol–water partition coefficient (Wildman–Crippen LogP) is 3.93. The Bertz CT molecular complexity index is 972. The normalized spacial score (nSPS) is 10.8. The molecule has 27 heavy (non-hydrogen) atoms. The van der Waals surface area contributed by atoms with Gasteiger partial charge in [0.2, 0.25) is 5.82 Å². The average molecular weight is 405 g/mol. The van der Waals surface area contributed by atoms with Gasteiger partial charge in [-0.1, -0.05) is 47.0 Å². The number of ether oxygens (including phenoxy) is 1. The van der Waals surface area contributed by atoms with Gasteiger partial charge in [-0.05, 0) is 31.2 Å². The highest BCUT2D eigenvalue weighted by atomic mass is 35.5. The molecule has 3 rings (SSSR count). The van der Waals surface area contributed by atoms with E-state index in [2.05, 4.69) is 15.4 Å². The lowest BCUT2D eigenvalue weighted by Crippen LogP contribution is -2.28. The lowest BCUT2D eigenvalue weighted by molar-refractivity contribution is 0.0927. The summed E-state index contributed by atoms with van der Waals surface area (Å²) in [5.74, 6) is 0.224. The second kappa shape index (κ2) is 8.52. The van der Waals surface area contributed by atoms with Crippen LogP contribution in [0.25, 0.3) is 17.1 Å². The number of carbonyl (C=O) groups is 1. The van der Waals surface area contributed by atoms with Crippen molar-refractivity contribution in [2.45, 2.75) is 6.92 Å². The molecule has 0 fully saturated rings. The molecular weight excluding hydrogens is 387 g/mol. The molecule has 0 aliphatic rings. The molecule has 6 nitrogen and oxygen atoms in total. The number of hydrogen-bond acceptors (Lipinski definition) is 4. The average Bonchev–Trinajstić information content (AvgIpc) is 3.10. The highest BCUT2D eigenvalue weighted by Crippen LogP contribution is 2.27. The van der Waals surface area contributed by atoms with E-state index in [0.29, 0.717) is 34.7 Å². The molecule has 140 valence electrons. The molecule has 1 heterocycles. The molecule has 0 unspecified atom stereocenters. The zero-order valence-electron chi connectivity index (χ0n) is 14.9. The van der Waals surface area contributed by atoms with Gasteiger partial charge in [0.25, 0.3) is 5.91 Å². The number of hydrogen-bond donors (Lipinski definition) is 1. The van der Waals surface area contributed by atoms with Crippen LogP contribution in [0.5, 0.6) is 0 Å². The van der Waals surface area contributed by atoms with Crippen molar-refractivity contribution in [3.8, 4) is 17.1 Å². The fourth-order valence-corrected chi connectivity index (χ4v) is 2.81. The Morgan fingerprint density at radius 1 is 1.19 bits per heavy atom. The number of benzene rings is 2. The first-order valence-electron chi connectivity index (χ1n) is 8.26. The molecule has 0 saturated heterocycles. The van der Waals surface area contributed by atoms with Gasteiger partial charge in [0, 0.05) is 19.2 Å². The number of aromatic nitrogens is 3. The number of rotatable bonds is 6. The number of amides is 1. The second-order valence-electron chi connectivity index (χ2n) is 5.89. The molecular formula is C19H18Cl2N4O2. The van der Waals surface area contributed by atoms with Crippen molar-refractivity contribution in [2.24, 2.45) is 0 Å². The van der Waals surface area contributed by atoms with Crippen LogP contribution in [0.1, 0.15) is 16.2 Å². The fraction of sp³-hybridized carbons (Fsp3) is 0.211. The van der Waals surface area contributed by atoms with Gasteiger partial charge in [0.1, 0.15) is 0 Å². The standard InChI is InChI=1S/C19H18Cl2N4O2/c1-12-4-3-5-13(10-12)18-23-17(19(26)22-8-9-27-2)24-25(18)14-6-7-15(20)16(21)11-14/h3-7,10-11H,8-9H2,1-2H3,(H,22,26). The van der Waals surface area contributed by atoms with Crippen molar-refractivity contribution in [3.63, 3.8) is 0 Å². The molecule has 0 aliphatic heterocycles. The molecule has 0 bridgehead atoms. The predicted molar refractivity (Wildman–Crippen MR) is 106 cm³/mol. The molecule has 0 radical (unpaired) electrons. The van der Waals surface area contributed by atoms with Crippen molar-refractivity contribution in [3.05, 3.63) is 63.9 Å². The van der Waals surface area contributed by atoms with Crippen molar-refractivity contribution in [1.82, 2.24) is 20.1 Å². The molecule has 0 saturated carbocycles. The van der Waals surface area contributed by atoms with E-state index in [9.17, 15) is 4.79 Å². The maximum absolute atomic E-state index is 12.4. The topological polar surface area (TPSA) is 69.0 Å². The summed E-state index contributed by atoms with van der Waals surface area (Å²) in [5.41, 5.74) is 2.57. The molecule has 8 heteroatoms. The van der Waals surface area contributed by atoms with Crippen LogP contribution in [-0.2, 0) is 4.74 Å². The Balaban J connectivity index is 2.06. The summed E-state index contributed by atoms with van der Waals surface area (Å²) in [7, 11) is 1.57. The minimum atomic E-state index is -0.375. The number of nitrogens with zero attached hydrogens (tertiary/aromatic N) is 3. The van der Waals surface area contributed by atoms with Gasteiger partial charge in [-0.15, -0.1) is 5.10 Å². The summed E-state index contributed by atoms with van der Waals surface area (Å²) in [4.78, 5) is 16.8. The van der Waals surface area contributed by atoms with E-state index < -0.39 is 0 Å². The Labute approximate surface area is 167 Å². The van der Waals surface area contributed by atoms with Gasteiger partial charge in [-0.25, -0.2) is 9.67 Å². The molecule has 1 aromatic heterocycles. The highest BCUT2D eigenvalue weighted by molar-refractivity contribution is 6.42. The first kappa shape index (κ1) is 19.4. The van der Waals surface area contributed by atoms with Crippen LogP contribution in [0.4, 0.5) is 0 Å². The summed E-state index contributed by atoms with van der Waals surface area (Å²) in [6, 6.07) is 12.9. The Kier molecular flexibility index (Phi) is 6.11. The van der Waals surface area contributed by atoms with Crippen LogP contribution in [0.15, 0.2) is 42.5 Å². The zero-order chi connectivity index (χ0) is 19.4. The molecule has 0 aliphatic carbocycles. The smallest absolute Gasteiger partial charge is 0.291 e. The lowest BCUT2D eigenvalue weighted by Gasteiger charge is -2.07. The van der Waals surface area contributed by atoms with E-state index >= 15 is 0 Å². The maximum Gasteiger partial charge on any atom is 0.291 e. The largest absolute Gasteiger partial charge is 0.383 e. The van der Waals surface area contributed by atoms with Gasteiger partial charge >= 0.3 is 0 Å². The Morgan fingerprint density at radius 2 is 2.00 bits per heavy atom. The summed E-state index contributed by atoms with van der Waals surface area (Å²) in [6.07, 6.45) is 0. The first-order valence-corrected chi connectivity index (χ1v) is 9.02. The Morgan fingerprint density at radius 3 is 2.70 bits per heavy atom. The van der Waals surface area contributed by atoms with Gasteiger partial charge in [-0.3, -0.25) is 4.79 Å². The van der Waals surface area contributed by atoms with E-state index in [1.54, 1.807) is 30.0 Å². The van der Waals surface area contributed by atoms with Crippen molar-refractivity contribution < 1.29 is 9.53 Å². The van der Waals surface area contributed by atoms with E-state index in [0.717, 1.165) is 11.1 Å². The number of nitrogens with one attached hydrogen (secondary N) is 1. The van der Waals surface area contributed by atoms with Crippen LogP contribution in [0.3, 0.4) is 0 Å². The van der Waals surface area contributed by atoms with E-state index in [-0.39, 0.29) is 11.7 Å². The van der Waals surface area contributed by atoms with E-state index in [1.807, 2.05) is 31.2 Å². The molecule has 2 aromatic carbocycles. The summed E-state index contributed by atoms with van der Waals surface area (Å²) < 4.78 is 6.53. The quantitative estimate of drug-likeness (QED) is 0.631. The van der Waals surface area contributed by atoms with E-state index in [4.69, 9.17) is 27.9 Å². The third-order valence-electron chi connectivity index (χ3n) is 3.83. The molecule has 0 spiro atoms. The molecule has 1 amide bonds. The minimum Gasteiger partial charge on any atom is -0.383 e. The third-order valence-corrected chi connectivity index (χ3v) is 4.57. The third kappa shape index (κ3) is 4.47. The van der Waals surface area contributed by atoms with Gasteiger partial charge in [0.05, 0.1) is 22.3 Å². The number of halogens is 2. The molecule has 1 N–H and O–H groups in total. The van der Waals surface area contributed by atoms with Crippen LogP contribution in [0.2, 0.25) is 10.0 Å². The van der Waals surface area contributed by atoms with Crippen LogP contribution < -0.4 is 5.32 Å². The van der Waals surface area contributed by atoms with Crippen LogP contribution in [-0.4, -0.2) is 40.9 Å². The number of methoxy groups -OCH3 is 1. The van der Waals surface area contributed by atoms with Crippen LogP contribution in [0, 0.1) is 6.92 Å². The van der Waals surface area contributed by atoms with Crippen molar-refractivity contribution in [2.75, 3.05) is 20.3 Å². The monoisotopic (exact) mass is 404 g/mol. The fourth-order valence-electron chi connectivity index (χ4n) is 2.52. The maximum atomic E-state index is 12.4. The molecule has 3 aromatic rings. The first-order chi connectivity index (χ1) is 13.0. The SMILES string of the molecule is COCCNC(=O)c1nc(-c2cccc(C)c2)n(-c2ccc(Cl)c(Cl)c2)n1. The van der Waals surface area contributed by atoms with E-state index in [1.165, 1.54) is 0 Å². The second-order valence-corrected chi connectivity index (χ2v) is 6.70. The number of carbonyl (C=O) groups excluding carboxylic acids is 1.